The zero-order valence-corrected chi connectivity index (χ0v) is 13.3. The first-order valence-electron chi connectivity index (χ1n) is 7.92. The molecule has 0 spiro atoms. The molecule has 0 radical (unpaired) electrons. The van der Waals surface area contributed by atoms with Gasteiger partial charge in [-0.05, 0) is 37.8 Å². The van der Waals surface area contributed by atoms with Crippen molar-refractivity contribution in [2.75, 3.05) is 18.0 Å². The van der Waals surface area contributed by atoms with Gasteiger partial charge in [-0.15, -0.1) is 0 Å². The van der Waals surface area contributed by atoms with E-state index in [1.165, 1.54) is 6.07 Å². The minimum absolute atomic E-state index is 0.140. The molecule has 1 aromatic rings. The molecule has 0 amide bonds. The molecular formula is C17H27FN2O. The summed E-state index contributed by atoms with van der Waals surface area (Å²) in [6.45, 7) is 8.31. The molecule has 0 aliphatic carbocycles. The second-order valence-electron chi connectivity index (χ2n) is 6.34. The summed E-state index contributed by atoms with van der Waals surface area (Å²) < 4.78 is 14.2. The number of halogens is 1. The Hall–Kier alpha value is -1.13. The lowest BCUT2D eigenvalue weighted by molar-refractivity contribution is 0.110. The van der Waals surface area contributed by atoms with Crippen molar-refractivity contribution < 1.29 is 9.50 Å². The molecule has 1 aliphatic heterocycles. The lowest BCUT2D eigenvalue weighted by atomic mass is 9.91. The Labute approximate surface area is 127 Å². The maximum Gasteiger partial charge on any atom is 0.129 e. The number of anilines is 1. The number of hydrogen-bond donors (Lipinski definition) is 2. The zero-order chi connectivity index (χ0) is 15.4. The number of nitrogens with one attached hydrogen (secondary N) is 1. The molecule has 0 saturated carbocycles. The highest BCUT2D eigenvalue weighted by Gasteiger charge is 2.24. The molecule has 1 aromatic carbocycles. The Balaban J connectivity index is 2.11. The second kappa shape index (κ2) is 7.23. The first-order valence-corrected chi connectivity index (χ1v) is 7.92. The van der Waals surface area contributed by atoms with Crippen LogP contribution in [0.4, 0.5) is 10.1 Å². The van der Waals surface area contributed by atoms with Gasteiger partial charge in [0.05, 0.1) is 6.10 Å². The molecule has 118 valence electrons. The maximum atomic E-state index is 14.2. The molecule has 1 unspecified atom stereocenters. The van der Waals surface area contributed by atoms with E-state index in [0.717, 1.165) is 37.2 Å². The van der Waals surface area contributed by atoms with Gasteiger partial charge in [-0.25, -0.2) is 4.39 Å². The van der Waals surface area contributed by atoms with Crippen molar-refractivity contribution in [2.45, 2.75) is 52.3 Å². The van der Waals surface area contributed by atoms with Crippen LogP contribution < -0.4 is 10.2 Å². The predicted molar refractivity (Wildman–Crippen MR) is 85.0 cm³/mol. The van der Waals surface area contributed by atoms with Gasteiger partial charge < -0.3 is 15.3 Å². The fourth-order valence-corrected chi connectivity index (χ4v) is 2.95. The first kappa shape index (κ1) is 16.2. The second-order valence-corrected chi connectivity index (χ2v) is 6.34. The third-order valence-corrected chi connectivity index (χ3v) is 4.34. The minimum Gasteiger partial charge on any atom is -0.393 e. The van der Waals surface area contributed by atoms with Crippen LogP contribution in [-0.4, -0.2) is 30.3 Å². The Morgan fingerprint density at radius 3 is 2.52 bits per heavy atom. The molecule has 3 nitrogen and oxygen atoms in total. The van der Waals surface area contributed by atoms with Gasteiger partial charge in [-0.2, -0.15) is 0 Å². The van der Waals surface area contributed by atoms with Crippen LogP contribution >= 0.6 is 0 Å². The SMILES string of the molecule is CC(C)NCc1c(F)cccc1N1CCC(C(C)O)CC1. The number of piperidine rings is 1. The fourth-order valence-electron chi connectivity index (χ4n) is 2.95. The minimum atomic E-state index is -0.248. The summed E-state index contributed by atoms with van der Waals surface area (Å²) in [6, 6.07) is 5.65. The fraction of sp³-hybridized carbons (Fsp3) is 0.647. The average molecular weight is 294 g/mol. The molecule has 0 aromatic heterocycles. The number of hydrogen-bond acceptors (Lipinski definition) is 3. The molecule has 2 N–H and O–H groups in total. The summed E-state index contributed by atoms with van der Waals surface area (Å²) in [6.07, 6.45) is 1.68. The summed E-state index contributed by atoms with van der Waals surface area (Å²) in [7, 11) is 0. The van der Waals surface area contributed by atoms with Gasteiger partial charge in [-0.3, -0.25) is 0 Å². The molecular weight excluding hydrogens is 267 g/mol. The van der Waals surface area contributed by atoms with Gasteiger partial charge in [0.2, 0.25) is 0 Å². The summed E-state index contributed by atoms with van der Waals surface area (Å²) in [5.41, 5.74) is 1.74. The lowest BCUT2D eigenvalue weighted by Gasteiger charge is -2.36. The molecule has 4 heteroatoms. The smallest absolute Gasteiger partial charge is 0.129 e. The number of nitrogens with zero attached hydrogens (tertiary/aromatic N) is 1. The van der Waals surface area contributed by atoms with Gasteiger partial charge >= 0.3 is 0 Å². The van der Waals surface area contributed by atoms with Crippen LogP contribution in [0.3, 0.4) is 0 Å². The molecule has 1 heterocycles. The molecule has 1 atom stereocenters. The van der Waals surface area contributed by atoms with E-state index in [0.29, 0.717) is 18.5 Å². The number of benzene rings is 1. The largest absolute Gasteiger partial charge is 0.393 e. The Morgan fingerprint density at radius 1 is 1.29 bits per heavy atom. The van der Waals surface area contributed by atoms with Crippen molar-refractivity contribution in [3.8, 4) is 0 Å². The van der Waals surface area contributed by atoms with Gasteiger partial charge in [0.1, 0.15) is 5.82 Å². The molecule has 21 heavy (non-hydrogen) atoms. The highest BCUT2D eigenvalue weighted by Crippen LogP contribution is 2.29. The first-order chi connectivity index (χ1) is 9.99. The number of rotatable bonds is 5. The van der Waals surface area contributed by atoms with E-state index < -0.39 is 0 Å². The lowest BCUT2D eigenvalue weighted by Crippen LogP contribution is -2.38. The van der Waals surface area contributed by atoms with Crippen LogP contribution in [0.25, 0.3) is 0 Å². The quantitative estimate of drug-likeness (QED) is 0.876. The summed E-state index contributed by atoms with van der Waals surface area (Å²) in [5.74, 6) is 0.227. The van der Waals surface area contributed by atoms with E-state index in [-0.39, 0.29) is 11.9 Å². The predicted octanol–water partition coefficient (Wildman–Crippen LogP) is 2.92. The molecule has 0 bridgehead atoms. The van der Waals surface area contributed by atoms with E-state index >= 15 is 0 Å². The monoisotopic (exact) mass is 294 g/mol. The van der Waals surface area contributed by atoms with Crippen molar-refractivity contribution >= 4 is 5.69 Å². The van der Waals surface area contributed by atoms with E-state index in [1.54, 1.807) is 6.07 Å². The van der Waals surface area contributed by atoms with Gasteiger partial charge in [0.15, 0.2) is 0 Å². The van der Waals surface area contributed by atoms with Crippen molar-refractivity contribution in [3.63, 3.8) is 0 Å². The van der Waals surface area contributed by atoms with Gasteiger partial charge in [0.25, 0.3) is 0 Å². The van der Waals surface area contributed by atoms with Crippen molar-refractivity contribution in [1.82, 2.24) is 5.32 Å². The standard InChI is InChI=1S/C17H27FN2O/c1-12(2)19-11-15-16(18)5-4-6-17(15)20-9-7-14(8-10-20)13(3)21/h4-6,12-14,19,21H,7-11H2,1-3H3. The summed E-state index contributed by atoms with van der Waals surface area (Å²) in [5, 5.41) is 13.0. The Morgan fingerprint density at radius 2 is 1.95 bits per heavy atom. The zero-order valence-electron chi connectivity index (χ0n) is 13.3. The topological polar surface area (TPSA) is 35.5 Å². The third-order valence-electron chi connectivity index (χ3n) is 4.34. The van der Waals surface area contributed by atoms with Crippen LogP contribution in [0.1, 0.15) is 39.2 Å². The molecule has 1 aliphatic rings. The highest BCUT2D eigenvalue weighted by atomic mass is 19.1. The summed E-state index contributed by atoms with van der Waals surface area (Å²) in [4.78, 5) is 2.25. The number of aliphatic hydroxyl groups excluding tert-OH is 1. The normalized spacial score (nSPS) is 18.3. The van der Waals surface area contributed by atoms with Crippen LogP contribution in [0.5, 0.6) is 0 Å². The Kier molecular flexibility index (Phi) is 5.59. The maximum absolute atomic E-state index is 14.2. The van der Waals surface area contributed by atoms with E-state index in [4.69, 9.17) is 0 Å². The van der Waals surface area contributed by atoms with Gasteiger partial charge in [0, 0.05) is 36.9 Å². The van der Waals surface area contributed by atoms with Crippen molar-refractivity contribution in [3.05, 3.63) is 29.6 Å². The molecule has 2 rings (SSSR count). The van der Waals surface area contributed by atoms with Crippen molar-refractivity contribution in [2.24, 2.45) is 5.92 Å². The molecule has 1 fully saturated rings. The van der Waals surface area contributed by atoms with Crippen molar-refractivity contribution in [1.29, 1.82) is 0 Å². The van der Waals surface area contributed by atoms with E-state index in [9.17, 15) is 9.50 Å². The highest BCUT2D eigenvalue weighted by molar-refractivity contribution is 5.54. The average Bonchev–Trinajstić information content (AvgIpc) is 2.45. The molecule has 1 saturated heterocycles. The van der Waals surface area contributed by atoms with Crippen LogP contribution in [-0.2, 0) is 6.54 Å². The Bertz CT molecular complexity index is 454. The van der Waals surface area contributed by atoms with E-state index in [2.05, 4.69) is 24.1 Å². The summed E-state index contributed by atoms with van der Waals surface area (Å²) >= 11 is 0. The van der Waals surface area contributed by atoms with Gasteiger partial charge in [-0.1, -0.05) is 19.9 Å². The van der Waals surface area contributed by atoms with Crippen LogP contribution in [0, 0.1) is 11.7 Å². The van der Waals surface area contributed by atoms with Crippen LogP contribution in [0.15, 0.2) is 18.2 Å². The third kappa shape index (κ3) is 4.17. The number of aliphatic hydroxyl groups is 1. The van der Waals surface area contributed by atoms with E-state index in [1.807, 2.05) is 13.0 Å². The van der Waals surface area contributed by atoms with Crippen LogP contribution in [0.2, 0.25) is 0 Å².